The van der Waals surface area contributed by atoms with Crippen LogP contribution in [-0.4, -0.2) is 19.8 Å². The minimum atomic E-state index is -0.271. The lowest BCUT2D eigenvalue weighted by Gasteiger charge is -2.00. The van der Waals surface area contributed by atoms with Gasteiger partial charge in [-0.3, -0.25) is 0 Å². The van der Waals surface area contributed by atoms with Crippen LogP contribution in [0.2, 0.25) is 5.15 Å². The molecular formula is C13H10ClFN4. The van der Waals surface area contributed by atoms with E-state index in [4.69, 9.17) is 11.6 Å². The van der Waals surface area contributed by atoms with Crippen molar-refractivity contribution in [2.75, 3.05) is 0 Å². The largest absolute Gasteiger partial charge is 0.217 e. The van der Waals surface area contributed by atoms with Crippen molar-refractivity contribution in [2.24, 2.45) is 0 Å². The topological polar surface area (TPSA) is 43.1 Å². The maximum atomic E-state index is 13.0. The SMILES string of the molecule is CCc1nn2cc(Cl)nnc2c1-c1ccc(F)cc1. The molecule has 0 atom stereocenters. The number of rotatable bonds is 2. The molecule has 19 heavy (non-hydrogen) atoms. The second-order valence-electron chi connectivity index (χ2n) is 4.10. The predicted molar refractivity (Wildman–Crippen MR) is 70.6 cm³/mol. The molecule has 0 aliphatic carbocycles. The first-order chi connectivity index (χ1) is 9.19. The number of hydrogen-bond donors (Lipinski definition) is 0. The minimum Gasteiger partial charge on any atom is -0.217 e. The first-order valence-electron chi connectivity index (χ1n) is 5.85. The monoisotopic (exact) mass is 276 g/mol. The van der Waals surface area contributed by atoms with Crippen molar-refractivity contribution < 1.29 is 4.39 Å². The van der Waals surface area contributed by atoms with E-state index < -0.39 is 0 Å². The van der Waals surface area contributed by atoms with E-state index >= 15 is 0 Å². The van der Waals surface area contributed by atoms with Crippen molar-refractivity contribution in [3.05, 3.63) is 47.1 Å². The summed E-state index contributed by atoms with van der Waals surface area (Å²) in [6, 6.07) is 6.26. The molecule has 0 aliphatic rings. The average molecular weight is 277 g/mol. The molecule has 3 aromatic rings. The standard InChI is InChI=1S/C13H10ClFN4/c1-2-10-12(8-3-5-9(15)6-4-8)13-17-16-11(14)7-19(13)18-10/h3-7H,2H2,1H3. The molecule has 2 heterocycles. The van der Waals surface area contributed by atoms with Gasteiger partial charge in [0.05, 0.1) is 17.5 Å². The van der Waals surface area contributed by atoms with Gasteiger partial charge in [0.25, 0.3) is 0 Å². The number of benzene rings is 1. The summed E-state index contributed by atoms with van der Waals surface area (Å²) in [5.41, 5.74) is 3.23. The molecule has 0 spiro atoms. The van der Waals surface area contributed by atoms with Gasteiger partial charge in [-0.2, -0.15) is 5.10 Å². The van der Waals surface area contributed by atoms with Crippen molar-refractivity contribution >= 4 is 17.2 Å². The number of hydrogen-bond acceptors (Lipinski definition) is 3. The van der Waals surface area contributed by atoms with Gasteiger partial charge in [-0.15, -0.1) is 10.2 Å². The van der Waals surface area contributed by atoms with Crippen LogP contribution in [-0.2, 0) is 6.42 Å². The number of aromatic nitrogens is 4. The van der Waals surface area contributed by atoms with Crippen molar-refractivity contribution in [1.82, 2.24) is 19.8 Å². The Morgan fingerprint density at radius 2 is 1.95 bits per heavy atom. The number of halogens is 2. The second kappa shape index (κ2) is 4.59. The van der Waals surface area contributed by atoms with Gasteiger partial charge in [0.15, 0.2) is 10.8 Å². The van der Waals surface area contributed by atoms with Crippen molar-refractivity contribution in [1.29, 1.82) is 0 Å². The molecule has 1 aromatic carbocycles. The minimum absolute atomic E-state index is 0.271. The van der Waals surface area contributed by atoms with E-state index in [1.807, 2.05) is 6.92 Å². The Morgan fingerprint density at radius 3 is 2.63 bits per heavy atom. The first-order valence-corrected chi connectivity index (χ1v) is 6.23. The molecule has 0 bridgehead atoms. The summed E-state index contributed by atoms with van der Waals surface area (Å²) in [6.07, 6.45) is 2.35. The van der Waals surface area contributed by atoms with Gasteiger partial charge in [0.1, 0.15) is 5.82 Å². The summed E-state index contributed by atoms with van der Waals surface area (Å²) in [5.74, 6) is -0.271. The van der Waals surface area contributed by atoms with Crippen molar-refractivity contribution in [2.45, 2.75) is 13.3 Å². The smallest absolute Gasteiger partial charge is 0.185 e. The van der Waals surface area contributed by atoms with E-state index in [9.17, 15) is 4.39 Å². The molecular weight excluding hydrogens is 267 g/mol. The highest BCUT2D eigenvalue weighted by molar-refractivity contribution is 6.29. The number of aryl methyl sites for hydroxylation is 1. The molecule has 0 N–H and O–H groups in total. The summed E-state index contributed by atoms with van der Waals surface area (Å²) in [5, 5.41) is 12.6. The Morgan fingerprint density at radius 1 is 1.21 bits per heavy atom. The zero-order valence-electron chi connectivity index (χ0n) is 10.1. The Hall–Kier alpha value is -2.01. The Labute approximate surface area is 113 Å². The molecule has 2 aromatic heterocycles. The van der Waals surface area contributed by atoms with E-state index in [1.54, 1.807) is 22.8 Å². The molecule has 0 radical (unpaired) electrons. The second-order valence-corrected chi connectivity index (χ2v) is 4.49. The van der Waals surface area contributed by atoms with Crippen LogP contribution in [0.15, 0.2) is 30.5 Å². The average Bonchev–Trinajstić information content (AvgIpc) is 2.77. The highest BCUT2D eigenvalue weighted by Crippen LogP contribution is 2.28. The quantitative estimate of drug-likeness (QED) is 0.722. The van der Waals surface area contributed by atoms with Crippen molar-refractivity contribution in [3.8, 4) is 11.1 Å². The van der Waals surface area contributed by atoms with Crippen LogP contribution >= 0.6 is 11.6 Å². The fraction of sp³-hybridized carbons (Fsp3) is 0.154. The Balaban J connectivity index is 2.29. The van der Waals surface area contributed by atoms with E-state index in [0.29, 0.717) is 5.65 Å². The zero-order chi connectivity index (χ0) is 13.4. The molecule has 0 aliphatic heterocycles. The van der Waals surface area contributed by atoms with Crippen LogP contribution in [0, 0.1) is 5.82 Å². The van der Waals surface area contributed by atoms with E-state index in [-0.39, 0.29) is 11.0 Å². The molecule has 0 unspecified atom stereocenters. The molecule has 0 saturated heterocycles. The third-order valence-corrected chi connectivity index (χ3v) is 3.07. The summed E-state index contributed by atoms with van der Waals surface area (Å²) in [6.45, 7) is 2.00. The molecule has 0 amide bonds. The summed E-state index contributed by atoms with van der Waals surface area (Å²) in [4.78, 5) is 0. The van der Waals surface area contributed by atoms with Crippen LogP contribution in [0.4, 0.5) is 4.39 Å². The van der Waals surface area contributed by atoms with E-state index in [1.165, 1.54) is 12.1 Å². The van der Waals surface area contributed by atoms with Crippen molar-refractivity contribution in [3.63, 3.8) is 0 Å². The Kier molecular flexibility index (Phi) is 2.91. The third kappa shape index (κ3) is 2.06. The van der Waals surface area contributed by atoms with Gasteiger partial charge in [0.2, 0.25) is 0 Å². The summed E-state index contributed by atoms with van der Waals surface area (Å²) in [7, 11) is 0. The van der Waals surface area contributed by atoms with Gasteiger partial charge in [-0.25, -0.2) is 8.91 Å². The summed E-state index contributed by atoms with van der Waals surface area (Å²) >= 11 is 5.81. The van der Waals surface area contributed by atoms with Crippen LogP contribution in [0.5, 0.6) is 0 Å². The van der Waals surface area contributed by atoms with Gasteiger partial charge in [0, 0.05) is 0 Å². The first kappa shape index (κ1) is 12.0. The molecule has 3 rings (SSSR count). The lowest BCUT2D eigenvalue weighted by molar-refractivity contribution is 0.628. The molecule has 6 heteroatoms. The maximum absolute atomic E-state index is 13.0. The van der Waals surface area contributed by atoms with Crippen LogP contribution < -0.4 is 0 Å². The lowest BCUT2D eigenvalue weighted by Crippen LogP contribution is -1.93. The number of fused-ring (bicyclic) bond motifs is 1. The van der Waals surface area contributed by atoms with E-state index in [2.05, 4.69) is 15.3 Å². The fourth-order valence-electron chi connectivity index (χ4n) is 2.04. The maximum Gasteiger partial charge on any atom is 0.185 e. The Bertz CT molecular complexity index is 736. The zero-order valence-corrected chi connectivity index (χ0v) is 10.9. The van der Waals surface area contributed by atoms with Gasteiger partial charge in [-0.05, 0) is 24.1 Å². The molecule has 96 valence electrons. The predicted octanol–water partition coefficient (Wildman–Crippen LogP) is 3.15. The lowest BCUT2D eigenvalue weighted by atomic mass is 10.0. The molecule has 0 fully saturated rings. The highest BCUT2D eigenvalue weighted by atomic mass is 35.5. The van der Waals surface area contributed by atoms with Crippen LogP contribution in [0.1, 0.15) is 12.6 Å². The fourth-order valence-corrected chi connectivity index (χ4v) is 2.17. The summed E-state index contributed by atoms with van der Waals surface area (Å²) < 4.78 is 14.6. The van der Waals surface area contributed by atoms with Crippen LogP contribution in [0.25, 0.3) is 16.8 Å². The van der Waals surface area contributed by atoms with E-state index in [0.717, 1.165) is 23.2 Å². The van der Waals surface area contributed by atoms with Gasteiger partial charge in [-0.1, -0.05) is 30.7 Å². The van der Waals surface area contributed by atoms with Gasteiger partial charge < -0.3 is 0 Å². The molecule has 4 nitrogen and oxygen atoms in total. The normalized spacial score (nSPS) is 11.1. The highest BCUT2D eigenvalue weighted by Gasteiger charge is 2.15. The van der Waals surface area contributed by atoms with Crippen LogP contribution in [0.3, 0.4) is 0 Å². The number of nitrogens with zero attached hydrogens (tertiary/aromatic N) is 4. The van der Waals surface area contributed by atoms with Gasteiger partial charge >= 0.3 is 0 Å². The molecule has 0 saturated carbocycles. The third-order valence-electron chi connectivity index (χ3n) is 2.89.